The van der Waals surface area contributed by atoms with Gasteiger partial charge in [0, 0.05) is 15.9 Å². The summed E-state index contributed by atoms with van der Waals surface area (Å²) in [7, 11) is 0. The molecule has 1 nitrogen and oxygen atoms in total. The van der Waals surface area contributed by atoms with Gasteiger partial charge in [0.05, 0.1) is 10.4 Å². The number of hydrogen-bond acceptors (Lipinski definition) is 3. The lowest BCUT2D eigenvalue weighted by Gasteiger charge is -2.11. The first kappa shape index (κ1) is 10.0. The molecule has 2 aromatic rings. The molecule has 2 aromatic heterocycles. The SMILES string of the molecule is CC(Nc1ccsc1)c1ccc(Cl)s1. The van der Waals surface area contributed by atoms with Crippen LogP contribution in [0.3, 0.4) is 0 Å². The molecule has 0 saturated carbocycles. The monoisotopic (exact) mass is 243 g/mol. The number of anilines is 1. The Hall–Kier alpha value is -0.510. The predicted molar refractivity (Wildman–Crippen MR) is 65.7 cm³/mol. The zero-order valence-corrected chi connectivity index (χ0v) is 10.0. The molecule has 14 heavy (non-hydrogen) atoms. The van der Waals surface area contributed by atoms with Crippen molar-refractivity contribution in [3.8, 4) is 0 Å². The molecule has 1 N–H and O–H groups in total. The van der Waals surface area contributed by atoms with Crippen LogP contribution in [0.4, 0.5) is 5.69 Å². The van der Waals surface area contributed by atoms with Gasteiger partial charge in [-0.1, -0.05) is 11.6 Å². The van der Waals surface area contributed by atoms with Gasteiger partial charge in [-0.2, -0.15) is 11.3 Å². The maximum absolute atomic E-state index is 5.88. The molecule has 0 saturated heterocycles. The molecule has 2 rings (SSSR count). The maximum atomic E-state index is 5.88. The van der Waals surface area contributed by atoms with E-state index in [1.807, 2.05) is 6.07 Å². The zero-order valence-electron chi connectivity index (χ0n) is 7.66. The topological polar surface area (TPSA) is 12.0 Å². The van der Waals surface area contributed by atoms with E-state index < -0.39 is 0 Å². The lowest BCUT2D eigenvalue weighted by Crippen LogP contribution is -2.03. The average Bonchev–Trinajstić information content (AvgIpc) is 2.75. The van der Waals surface area contributed by atoms with E-state index in [-0.39, 0.29) is 0 Å². The molecule has 74 valence electrons. The van der Waals surface area contributed by atoms with Gasteiger partial charge in [0.25, 0.3) is 0 Å². The summed E-state index contributed by atoms with van der Waals surface area (Å²) in [5.41, 5.74) is 1.17. The van der Waals surface area contributed by atoms with Gasteiger partial charge >= 0.3 is 0 Å². The average molecular weight is 244 g/mol. The highest BCUT2D eigenvalue weighted by Gasteiger charge is 2.07. The number of hydrogen-bond donors (Lipinski definition) is 1. The van der Waals surface area contributed by atoms with Crippen LogP contribution in [0.5, 0.6) is 0 Å². The van der Waals surface area contributed by atoms with Crippen molar-refractivity contribution in [3.63, 3.8) is 0 Å². The Balaban J connectivity index is 2.06. The van der Waals surface area contributed by atoms with Crippen LogP contribution in [-0.2, 0) is 0 Å². The van der Waals surface area contributed by atoms with Crippen LogP contribution >= 0.6 is 34.3 Å². The minimum Gasteiger partial charge on any atom is -0.377 e. The number of rotatable bonds is 3. The van der Waals surface area contributed by atoms with Crippen LogP contribution in [-0.4, -0.2) is 0 Å². The van der Waals surface area contributed by atoms with E-state index in [1.165, 1.54) is 10.6 Å². The van der Waals surface area contributed by atoms with E-state index in [2.05, 4.69) is 35.1 Å². The summed E-state index contributed by atoms with van der Waals surface area (Å²) in [5.74, 6) is 0. The Labute approximate surface area is 96.4 Å². The fourth-order valence-electron chi connectivity index (χ4n) is 1.23. The van der Waals surface area contributed by atoms with Gasteiger partial charge in [0.2, 0.25) is 0 Å². The molecule has 0 radical (unpaired) electrons. The first-order valence-electron chi connectivity index (χ1n) is 4.29. The Morgan fingerprint density at radius 3 is 2.79 bits per heavy atom. The van der Waals surface area contributed by atoms with Crippen LogP contribution in [0.2, 0.25) is 4.34 Å². The molecule has 0 fully saturated rings. The molecule has 0 bridgehead atoms. The summed E-state index contributed by atoms with van der Waals surface area (Å²) in [6, 6.07) is 6.41. The van der Waals surface area contributed by atoms with E-state index in [0.717, 1.165) is 4.34 Å². The Kier molecular flexibility index (Phi) is 3.11. The third-order valence-corrected chi connectivity index (χ3v) is 4.02. The van der Waals surface area contributed by atoms with Gasteiger partial charge in [-0.3, -0.25) is 0 Å². The summed E-state index contributed by atoms with van der Waals surface area (Å²) in [4.78, 5) is 1.27. The molecular formula is C10H10ClNS2. The van der Waals surface area contributed by atoms with Gasteiger partial charge in [-0.15, -0.1) is 11.3 Å². The minimum absolute atomic E-state index is 0.321. The Morgan fingerprint density at radius 2 is 2.21 bits per heavy atom. The number of halogens is 1. The van der Waals surface area contributed by atoms with Gasteiger partial charge in [0.1, 0.15) is 0 Å². The molecule has 0 spiro atoms. The second kappa shape index (κ2) is 4.34. The third kappa shape index (κ3) is 2.29. The van der Waals surface area contributed by atoms with Crippen LogP contribution in [0.1, 0.15) is 17.8 Å². The highest BCUT2D eigenvalue weighted by molar-refractivity contribution is 7.16. The van der Waals surface area contributed by atoms with Crippen LogP contribution < -0.4 is 5.32 Å². The molecule has 1 atom stereocenters. The van der Waals surface area contributed by atoms with Crippen LogP contribution in [0, 0.1) is 0 Å². The summed E-state index contributed by atoms with van der Waals surface area (Å²) in [5, 5.41) is 7.58. The minimum atomic E-state index is 0.321. The van der Waals surface area contributed by atoms with E-state index >= 15 is 0 Å². The maximum Gasteiger partial charge on any atom is 0.0932 e. The normalized spacial score (nSPS) is 12.7. The zero-order chi connectivity index (χ0) is 9.97. The van der Waals surface area contributed by atoms with E-state index in [1.54, 1.807) is 22.7 Å². The molecule has 0 aliphatic rings. The molecule has 2 heterocycles. The molecule has 4 heteroatoms. The summed E-state index contributed by atoms with van der Waals surface area (Å²) in [6.45, 7) is 2.14. The summed E-state index contributed by atoms with van der Waals surface area (Å²) >= 11 is 9.20. The molecule has 0 amide bonds. The van der Waals surface area contributed by atoms with Gasteiger partial charge in [-0.05, 0) is 30.5 Å². The van der Waals surface area contributed by atoms with Crippen molar-refractivity contribution in [2.24, 2.45) is 0 Å². The number of thiophene rings is 2. The lowest BCUT2D eigenvalue weighted by molar-refractivity contribution is 0.909. The smallest absolute Gasteiger partial charge is 0.0932 e. The summed E-state index contributed by atoms with van der Waals surface area (Å²) in [6.07, 6.45) is 0. The van der Waals surface area contributed by atoms with Crippen LogP contribution in [0.25, 0.3) is 0 Å². The molecule has 1 unspecified atom stereocenters. The van der Waals surface area contributed by atoms with Crippen molar-refractivity contribution in [3.05, 3.63) is 38.2 Å². The van der Waals surface area contributed by atoms with E-state index in [0.29, 0.717) is 6.04 Å². The Bertz CT molecular complexity index is 394. The predicted octanol–water partition coefficient (Wildman–Crippen LogP) is 4.64. The number of nitrogens with one attached hydrogen (secondary N) is 1. The second-order valence-electron chi connectivity index (χ2n) is 3.02. The van der Waals surface area contributed by atoms with Gasteiger partial charge < -0.3 is 5.32 Å². The quantitative estimate of drug-likeness (QED) is 0.829. The molecular weight excluding hydrogens is 234 g/mol. The van der Waals surface area contributed by atoms with Crippen molar-refractivity contribution in [2.45, 2.75) is 13.0 Å². The Morgan fingerprint density at radius 1 is 1.36 bits per heavy atom. The highest BCUT2D eigenvalue weighted by Crippen LogP contribution is 2.29. The molecule has 0 aliphatic heterocycles. The summed E-state index contributed by atoms with van der Waals surface area (Å²) < 4.78 is 0.846. The van der Waals surface area contributed by atoms with Crippen molar-refractivity contribution in [1.29, 1.82) is 0 Å². The molecule has 0 aromatic carbocycles. The second-order valence-corrected chi connectivity index (χ2v) is 5.55. The fourth-order valence-corrected chi connectivity index (χ4v) is 2.89. The third-order valence-electron chi connectivity index (χ3n) is 1.93. The fraction of sp³-hybridized carbons (Fsp3) is 0.200. The van der Waals surface area contributed by atoms with E-state index in [9.17, 15) is 0 Å². The van der Waals surface area contributed by atoms with Crippen molar-refractivity contribution >= 4 is 40.0 Å². The van der Waals surface area contributed by atoms with Crippen molar-refractivity contribution < 1.29 is 0 Å². The van der Waals surface area contributed by atoms with E-state index in [4.69, 9.17) is 11.6 Å². The van der Waals surface area contributed by atoms with Gasteiger partial charge in [-0.25, -0.2) is 0 Å². The van der Waals surface area contributed by atoms with Crippen molar-refractivity contribution in [1.82, 2.24) is 0 Å². The van der Waals surface area contributed by atoms with Crippen molar-refractivity contribution in [2.75, 3.05) is 5.32 Å². The molecule has 0 aliphatic carbocycles. The highest BCUT2D eigenvalue weighted by atomic mass is 35.5. The lowest BCUT2D eigenvalue weighted by atomic mass is 10.2. The standard InChI is InChI=1S/C10H10ClNS2/c1-7(9-2-3-10(11)14-9)12-8-4-5-13-6-8/h2-7,12H,1H3. The largest absolute Gasteiger partial charge is 0.377 e. The van der Waals surface area contributed by atoms with Gasteiger partial charge in [0.15, 0.2) is 0 Å². The van der Waals surface area contributed by atoms with Crippen LogP contribution in [0.15, 0.2) is 29.0 Å². The first-order valence-corrected chi connectivity index (χ1v) is 6.43. The first-order chi connectivity index (χ1) is 6.75.